The van der Waals surface area contributed by atoms with Gasteiger partial charge >= 0.3 is 0 Å². The molecule has 0 bridgehead atoms. The lowest BCUT2D eigenvalue weighted by Crippen LogP contribution is -1.88. The van der Waals surface area contributed by atoms with Crippen LogP contribution in [-0.4, -0.2) is 6.29 Å². The van der Waals surface area contributed by atoms with Crippen LogP contribution in [0.3, 0.4) is 0 Å². The molecule has 0 aliphatic carbocycles. The Balaban J connectivity index is 2.97. The van der Waals surface area contributed by atoms with E-state index in [0.29, 0.717) is 0 Å². The summed E-state index contributed by atoms with van der Waals surface area (Å²) in [7, 11) is 0. The van der Waals surface area contributed by atoms with E-state index >= 15 is 0 Å². The number of carbonyl (C=O) groups is 1. The number of aldehydes is 1. The molecule has 0 heterocycles. The minimum atomic E-state index is 0.790. The minimum absolute atomic E-state index is 0.790. The van der Waals surface area contributed by atoms with E-state index in [4.69, 9.17) is 0 Å². The first-order valence-electron chi connectivity index (χ1n) is 4.32. The molecule has 0 atom stereocenters. The minimum Gasteiger partial charge on any atom is -0.298 e. The van der Waals surface area contributed by atoms with Gasteiger partial charge in [0, 0.05) is 5.56 Å². The molecule has 0 N–H and O–H groups in total. The van der Waals surface area contributed by atoms with Gasteiger partial charge in [-0.1, -0.05) is 25.0 Å². The molecule has 1 heteroatoms. The lowest BCUT2D eigenvalue weighted by Gasteiger charge is -2.01. The molecule has 0 unspecified atom stereocenters. The van der Waals surface area contributed by atoms with E-state index in [1.165, 1.54) is 11.1 Å². The van der Waals surface area contributed by atoms with E-state index in [-0.39, 0.29) is 0 Å². The van der Waals surface area contributed by atoms with Crippen LogP contribution in [0.15, 0.2) is 18.2 Å². The molecular formula is C11H14O. The zero-order valence-corrected chi connectivity index (χ0v) is 7.63. The Kier molecular flexibility index (Phi) is 3.03. The Hall–Kier alpha value is -1.11. The van der Waals surface area contributed by atoms with Crippen molar-refractivity contribution in [3.8, 4) is 0 Å². The van der Waals surface area contributed by atoms with Crippen LogP contribution in [0.25, 0.3) is 0 Å². The van der Waals surface area contributed by atoms with Crippen LogP contribution in [0.5, 0.6) is 0 Å². The Morgan fingerprint density at radius 1 is 1.33 bits per heavy atom. The van der Waals surface area contributed by atoms with Crippen molar-refractivity contribution >= 4 is 6.29 Å². The van der Waals surface area contributed by atoms with Crippen LogP contribution in [0.2, 0.25) is 0 Å². The van der Waals surface area contributed by atoms with E-state index in [1.807, 2.05) is 19.1 Å². The molecule has 0 saturated carbocycles. The molecule has 1 rings (SSSR count). The first-order chi connectivity index (χ1) is 5.76. The summed E-state index contributed by atoms with van der Waals surface area (Å²) in [5, 5.41) is 0. The maximum absolute atomic E-state index is 10.5. The number of hydrogen-bond donors (Lipinski definition) is 0. The highest BCUT2D eigenvalue weighted by Crippen LogP contribution is 2.09. The predicted molar refractivity (Wildman–Crippen MR) is 50.6 cm³/mol. The summed E-state index contributed by atoms with van der Waals surface area (Å²) in [6.45, 7) is 4.16. The monoisotopic (exact) mass is 162 g/mol. The molecule has 0 spiro atoms. The van der Waals surface area contributed by atoms with Crippen molar-refractivity contribution < 1.29 is 4.79 Å². The largest absolute Gasteiger partial charge is 0.298 e. The molecule has 0 saturated heterocycles. The standard InChI is InChI=1S/C11H14O/c1-3-4-10-5-9(2)6-11(7-10)8-12/h5-8H,3-4H2,1-2H3. The molecule has 64 valence electrons. The Morgan fingerprint density at radius 2 is 2.08 bits per heavy atom. The summed E-state index contributed by atoms with van der Waals surface area (Å²) in [4.78, 5) is 10.5. The highest BCUT2D eigenvalue weighted by molar-refractivity contribution is 5.75. The second kappa shape index (κ2) is 4.05. The molecule has 0 aromatic heterocycles. The van der Waals surface area contributed by atoms with Gasteiger partial charge in [0.15, 0.2) is 0 Å². The Bertz CT molecular complexity index is 276. The third-order valence-corrected chi connectivity index (χ3v) is 1.83. The topological polar surface area (TPSA) is 17.1 Å². The van der Waals surface area contributed by atoms with E-state index < -0.39 is 0 Å². The highest BCUT2D eigenvalue weighted by Gasteiger charge is 1.96. The summed E-state index contributed by atoms with van der Waals surface area (Å²) in [5.74, 6) is 0. The predicted octanol–water partition coefficient (Wildman–Crippen LogP) is 2.76. The van der Waals surface area contributed by atoms with Gasteiger partial charge in [-0.25, -0.2) is 0 Å². The fraction of sp³-hybridized carbons (Fsp3) is 0.364. The molecule has 0 aliphatic rings. The summed E-state index contributed by atoms with van der Waals surface area (Å²) >= 11 is 0. The fourth-order valence-electron chi connectivity index (χ4n) is 1.40. The van der Waals surface area contributed by atoms with Crippen molar-refractivity contribution in [3.05, 3.63) is 34.9 Å². The average Bonchev–Trinajstić information content (AvgIpc) is 2.04. The van der Waals surface area contributed by atoms with Crippen molar-refractivity contribution in [2.45, 2.75) is 26.7 Å². The lowest BCUT2D eigenvalue weighted by molar-refractivity contribution is 0.112. The average molecular weight is 162 g/mol. The fourth-order valence-corrected chi connectivity index (χ4v) is 1.40. The van der Waals surface area contributed by atoms with Crippen molar-refractivity contribution in [1.82, 2.24) is 0 Å². The second-order valence-electron chi connectivity index (χ2n) is 3.12. The van der Waals surface area contributed by atoms with E-state index in [9.17, 15) is 4.79 Å². The maximum atomic E-state index is 10.5. The number of carbonyl (C=O) groups excluding carboxylic acids is 1. The molecule has 0 aliphatic heterocycles. The number of rotatable bonds is 3. The van der Waals surface area contributed by atoms with Gasteiger partial charge in [-0.2, -0.15) is 0 Å². The molecule has 0 fully saturated rings. The van der Waals surface area contributed by atoms with Gasteiger partial charge in [-0.05, 0) is 31.0 Å². The first-order valence-corrected chi connectivity index (χ1v) is 4.32. The third kappa shape index (κ3) is 2.19. The molecule has 1 aromatic rings. The van der Waals surface area contributed by atoms with Gasteiger partial charge in [0.25, 0.3) is 0 Å². The zero-order chi connectivity index (χ0) is 8.97. The number of aryl methyl sites for hydroxylation is 2. The molecule has 1 nitrogen and oxygen atoms in total. The summed E-state index contributed by atoms with van der Waals surface area (Å²) in [6.07, 6.45) is 3.09. The van der Waals surface area contributed by atoms with E-state index in [2.05, 4.69) is 13.0 Å². The molecule has 1 aromatic carbocycles. The summed E-state index contributed by atoms with van der Waals surface area (Å²) in [5.41, 5.74) is 3.22. The van der Waals surface area contributed by atoms with Gasteiger partial charge in [0.1, 0.15) is 6.29 Å². The van der Waals surface area contributed by atoms with Crippen molar-refractivity contribution in [1.29, 1.82) is 0 Å². The number of hydrogen-bond acceptors (Lipinski definition) is 1. The molecule has 12 heavy (non-hydrogen) atoms. The van der Waals surface area contributed by atoms with Gasteiger partial charge in [0.2, 0.25) is 0 Å². The quantitative estimate of drug-likeness (QED) is 0.624. The maximum Gasteiger partial charge on any atom is 0.150 e. The Morgan fingerprint density at radius 3 is 2.67 bits per heavy atom. The zero-order valence-electron chi connectivity index (χ0n) is 7.63. The van der Waals surface area contributed by atoms with E-state index in [1.54, 1.807) is 0 Å². The van der Waals surface area contributed by atoms with Crippen molar-refractivity contribution in [2.24, 2.45) is 0 Å². The second-order valence-corrected chi connectivity index (χ2v) is 3.12. The van der Waals surface area contributed by atoms with Crippen LogP contribution < -0.4 is 0 Å². The summed E-state index contributed by atoms with van der Waals surface area (Å²) in [6, 6.07) is 6.01. The van der Waals surface area contributed by atoms with Gasteiger partial charge in [-0.15, -0.1) is 0 Å². The smallest absolute Gasteiger partial charge is 0.150 e. The van der Waals surface area contributed by atoms with Crippen LogP contribution in [-0.2, 0) is 6.42 Å². The van der Waals surface area contributed by atoms with E-state index in [0.717, 1.165) is 24.7 Å². The Labute approximate surface area is 73.4 Å². The van der Waals surface area contributed by atoms with Crippen LogP contribution in [0.1, 0.15) is 34.8 Å². The third-order valence-electron chi connectivity index (χ3n) is 1.83. The summed E-state index contributed by atoms with van der Waals surface area (Å²) < 4.78 is 0. The molecule has 0 amide bonds. The van der Waals surface area contributed by atoms with Crippen LogP contribution in [0, 0.1) is 6.92 Å². The van der Waals surface area contributed by atoms with Gasteiger partial charge in [-0.3, -0.25) is 4.79 Å². The molecule has 0 radical (unpaired) electrons. The molecular weight excluding hydrogens is 148 g/mol. The van der Waals surface area contributed by atoms with Crippen LogP contribution >= 0.6 is 0 Å². The first kappa shape index (κ1) is 8.98. The SMILES string of the molecule is CCCc1cc(C)cc(C=O)c1. The highest BCUT2D eigenvalue weighted by atomic mass is 16.1. The number of benzene rings is 1. The van der Waals surface area contributed by atoms with Crippen LogP contribution in [0.4, 0.5) is 0 Å². The normalized spacial score (nSPS) is 9.83. The van der Waals surface area contributed by atoms with Crippen molar-refractivity contribution in [2.75, 3.05) is 0 Å². The lowest BCUT2D eigenvalue weighted by atomic mass is 10.0. The van der Waals surface area contributed by atoms with Gasteiger partial charge in [0.05, 0.1) is 0 Å². The van der Waals surface area contributed by atoms with Crippen molar-refractivity contribution in [3.63, 3.8) is 0 Å². The van der Waals surface area contributed by atoms with Gasteiger partial charge < -0.3 is 0 Å².